The maximum absolute atomic E-state index is 4.33. The van der Waals surface area contributed by atoms with E-state index < -0.39 is 0 Å². The molecule has 0 N–H and O–H groups in total. The van der Waals surface area contributed by atoms with Crippen molar-refractivity contribution in [3.8, 4) is 11.4 Å². The first kappa shape index (κ1) is 10.4. The van der Waals surface area contributed by atoms with Gasteiger partial charge in [0, 0.05) is 23.9 Å². The van der Waals surface area contributed by atoms with Gasteiger partial charge in [0.15, 0.2) is 0 Å². The van der Waals surface area contributed by atoms with Crippen LogP contribution in [-0.2, 0) is 7.05 Å². The van der Waals surface area contributed by atoms with Crippen LogP contribution in [0, 0.1) is 0 Å². The minimum absolute atomic E-state index is 0.850. The molecule has 5 heteroatoms. The van der Waals surface area contributed by atoms with E-state index in [9.17, 15) is 0 Å². The van der Waals surface area contributed by atoms with Crippen LogP contribution in [-0.4, -0.2) is 19.5 Å². The molecule has 3 aromatic rings. The van der Waals surface area contributed by atoms with E-state index in [1.54, 1.807) is 12.5 Å². The molecule has 0 fully saturated rings. The van der Waals surface area contributed by atoms with Crippen molar-refractivity contribution < 1.29 is 0 Å². The maximum atomic E-state index is 4.33. The van der Waals surface area contributed by atoms with Gasteiger partial charge in [-0.15, -0.1) is 0 Å². The third-order valence-electron chi connectivity index (χ3n) is 2.61. The van der Waals surface area contributed by atoms with Gasteiger partial charge < -0.3 is 4.57 Å². The Hall–Kier alpha value is -1.75. The second-order valence-electron chi connectivity index (χ2n) is 3.72. The van der Waals surface area contributed by atoms with Crippen molar-refractivity contribution in [2.24, 2.45) is 7.05 Å². The van der Waals surface area contributed by atoms with Crippen LogP contribution in [0.5, 0.6) is 0 Å². The molecule has 17 heavy (non-hydrogen) atoms. The van der Waals surface area contributed by atoms with Crippen molar-refractivity contribution in [2.45, 2.75) is 0 Å². The smallest absolute Gasteiger partial charge is 0.144 e. The minimum Gasteiger partial charge on any atom is -0.334 e. The van der Waals surface area contributed by atoms with Crippen molar-refractivity contribution in [2.75, 3.05) is 0 Å². The van der Waals surface area contributed by atoms with Crippen LogP contribution in [0.1, 0.15) is 0 Å². The highest BCUT2D eigenvalue weighted by Crippen LogP contribution is 2.31. The van der Waals surface area contributed by atoms with Gasteiger partial charge in [0.2, 0.25) is 0 Å². The van der Waals surface area contributed by atoms with Crippen molar-refractivity contribution in [1.82, 2.24) is 19.5 Å². The van der Waals surface area contributed by atoms with Gasteiger partial charge in [-0.1, -0.05) is 6.07 Å². The largest absolute Gasteiger partial charge is 0.334 e. The van der Waals surface area contributed by atoms with Crippen LogP contribution in [0.4, 0.5) is 0 Å². The Morgan fingerprint density at radius 2 is 2.06 bits per heavy atom. The quantitative estimate of drug-likeness (QED) is 0.692. The molecular formula is C12H9BrN4. The van der Waals surface area contributed by atoms with Gasteiger partial charge in [0.25, 0.3) is 0 Å². The van der Waals surface area contributed by atoms with Gasteiger partial charge in [0.05, 0.1) is 11.1 Å². The van der Waals surface area contributed by atoms with Crippen molar-refractivity contribution in [1.29, 1.82) is 0 Å². The minimum atomic E-state index is 0.850. The first-order chi connectivity index (χ1) is 8.27. The first-order valence-corrected chi connectivity index (χ1v) is 5.93. The predicted molar refractivity (Wildman–Crippen MR) is 69.4 cm³/mol. The number of hydrogen-bond acceptors (Lipinski definition) is 3. The fourth-order valence-electron chi connectivity index (χ4n) is 1.86. The summed E-state index contributed by atoms with van der Waals surface area (Å²) in [4.78, 5) is 12.9. The van der Waals surface area contributed by atoms with Crippen molar-refractivity contribution in [3.05, 3.63) is 41.4 Å². The fraction of sp³-hybridized carbons (Fsp3) is 0.0833. The van der Waals surface area contributed by atoms with E-state index in [4.69, 9.17) is 0 Å². The standard InChI is InChI=1S/C12H9BrN4/c1-17-6-8(13)10-11(15-7-16-12(10)17)9-4-2-3-5-14-9/h2-7H,1H3. The van der Waals surface area contributed by atoms with E-state index >= 15 is 0 Å². The average molecular weight is 289 g/mol. The Morgan fingerprint density at radius 3 is 2.82 bits per heavy atom. The van der Waals surface area contributed by atoms with Crippen molar-refractivity contribution in [3.63, 3.8) is 0 Å². The van der Waals surface area contributed by atoms with E-state index in [1.165, 1.54) is 0 Å². The number of aryl methyl sites for hydroxylation is 1. The molecule has 0 spiro atoms. The number of halogens is 1. The Morgan fingerprint density at radius 1 is 1.18 bits per heavy atom. The summed E-state index contributed by atoms with van der Waals surface area (Å²) in [6, 6.07) is 5.79. The molecular weight excluding hydrogens is 280 g/mol. The molecule has 3 rings (SSSR count). The number of pyridine rings is 1. The molecule has 0 atom stereocenters. The fourth-order valence-corrected chi connectivity index (χ4v) is 2.53. The third-order valence-corrected chi connectivity index (χ3v) is 3.22. The van der Waals surface area contributed by atoms with Crippen LogP contribution in [0.2, 0.25) is 0 Å². The molecule has 0 aromatic carbocycles. The summed E-state index contributed by atoms with van der Waals surface area (Å²) >= 11 is 3.54. The lowest BCUT2D eigenvalue weighted by atomic mass is 10.2. The summed E-state index contributed by atoms with van der Waals surface area (Å²) in [5, 5.41) is 0.994. The van der Waals surface area contributed by atoms with E-state index in [1.807, 2.05) is 36.0 Å². The molecule has 0 aliphatic carbocycles. The van der Waals surface area contributed by atoms with Crippen LogP contribution in [0.3, 0.4) is 0 Å². The Kier molecular flexibility index (Phi) is 2.40. The molecule has 3 aromatic heterocycles. The highest BCUT2D eigenvalue weighted by atomic mass is 79.9. The molecule has 4 nitrogen and oxygen atoms in total. The topological polar surface area (TPSA) is 43.6 Å². The summed E-state index contributed by atoms with van der Waals surface area (Å²) < 4.78 is 2.95. The zero-order valence-corrected chi connectivity index (χ0v) is 10.7. The molecule has 0 aliphatic heterocycles. The van der Waals surface area contributed by atoms with Crippen LogP contribution >= 0.6 is 15.9 Å². The Balaban J connectivity index is 2.38. The van der Waals surface area contributed by atoms with E-state index in [-0.39, 0.29) is 0 Å². The molecule has 0 aliphatic rings. The lowest BCUT2D eigenvalue weighted by Gasteiger charge is -2.01. The summed E-state index contributed by atoms with van der Waals surface area (Å²) in [6.07, 6.45) is 5.31. The molecule has 0 radical (unpaired) electrons. The maximum Gasteiger partial charge on any atom is 0.144 e. The number of rotatable bonds is 1. The van der Waals surface area contributed by atoms with Gasteiger partial charge >= 0.3 is 0 Å². The average Bonchev–Trinajstić information content (AvgIpc) is 2.66. The van der Waals surface area contributed by atoms with E-state index in [0.717, 1.165) is 26.9 Å². The van der Waals surface area contributed by atoms with Crippen molar-refractivity contribution >= 4 is 27.0 Å². The molecule has 3 heterocycles. The van der Waals surface area contributed by atoms with E-state index in [0.29, 0.717) is 0 Å². The summed E-state index contributed by atoms with van der Waals surface area (Å²) in [5.74, 6) is 0. The van der Waals surface area contributed by atoms with Gasteiger partial charge in [-0.25, -0.2) is 9.97 Å². The first-order valence-electron chi connectivity index (χ1n) is 5.14. The molecule has 0 unspecified atom stereocenters. The zero-order chi connectivity index (χ0) is 11.8. The van der Waals surface area contributed by atoms with Gasteiger partial charge in [-0.3, -0.25) is 4.98 Å². The molecule has 0 saturated carbocycles. The summed E-state index contributed by atoms with van der Waals surface area (Å²) in [7, 11) is 1.96. The predicted octanol–water partition coefficient (Wildman–Crippen LogP) is 2.79. The third kappa shape index (κ3) is 1.63. The highest BCUT2D eigenvalue weighted by Gasteiger charge is 2.13. The highest BCUT2D eigenvalue weighted by molar-refractivity contribution is 9.10. The second-order valence-corrected chi connectivity index (χ2v) is 4.58. The Bertz CT molecular complexity index is 676. The van der Waals surface area contributed by atoms with E-state index in [2.05, 4.69) is 30.9 Å². The molecule has 0 amide bonds. The molecule has 0 saturated heterocycles. The number of fused-ring (bicyclic) bond motifs is 1. The van der Waals surface area contributed by atoms with Crippen LogP contribution in [0.15, 0.2) is 41.4 Å². The normalized spacial score (nSPS) is 10.9. The SMILES string of the molecule is Cn1cc(Br)c2c(-c3ccccn3)ncnc21. The Labute approximate surface area is 106 Å². The summed E-state index contributed by atoms with van der Waals surface area (Å²) in [6.45, 7) is 0. The number of nitrogens with zero attached hydrogens (tertiary/aromatic N) is 4. The van der Waals surface area contributed by atoms with Gasteiger partial charge in [0.1, 0.15) is 17.7 Å². The van der Waals surface area contributed by atoms with Gasteiger partial charge in [-0.05, 0) is 28.1 Å². The lowest BCUT2D eigenvalue weighted by molar-refractivity contribution is 0.942. The van der Waals surface area contributed by atoms with Crippen LogP contribution in [0.25, 0.3) is 22.4 Å². The summed E-state index contributed by atoms with van der Waals surface area (Å²) in [5.41, 5.74) is 2.60. The lowest BCUT2D eigenvalue weighted by Crippen LogP contribution is -1.92. The van der Waals surface area contributed by atoms with Crippen LogP contribution < -0.4 is 0 Å². The monoisotopic (exact) mass is 288 g/mol. The number of aromatic nitrogens is 4. The molecule has 0 bridgehead atoms. The second kappa shape index (κ2) is 3.92. The molecule has 84 valence electrons. The zero-order valence-electron chi connectivity index (χ0n) is 9.13. The van der Waals surface area contributed by atoms with Gasteiger partial charge in [-0.2, -0.15) is 0 Å². The number of hydrogen-bond donors (Lipinski definition) is 0.